The lowest BCUT2D eigenvalue weighted by Gasteiger charge is -2.31. The summed E-state index contributed by atoms with van der Waals surface area (Å²) >= 11 is 0. The molecule has 0 fully saturated rings. The minimum absolute atomic E-state index is 0.0628. The number of ether oxygens (including phenoxy) is 2. The summed E-state index contributed by atoms with van der Waals surface area (Å²) in [6.07, 6.45) is 5.92. The number of aliphatic carboxylic acids is 1. The number of hydrazone groups is 1. The molecule has 1 aliphatic rings. The van der Waals surface area contributed by atoms with Crippen molar-refractivity contribution < 1.29 is 19.4 Å². The standard InChI is InChI=1S/C21H22N2O4/c1-21(11-9-20(24)25)10-8-17-12-18(6-7-19(17)27-21)26-14-16-4-2-15(3-5-16)13-23-22/h2-8,10,12-13H,9,11,14,22H2,1H3,(H,24,25). The molecule has 2 aromatic carbocycles. The van der Waals surface area contributed by atoms with Crippen LogP contribution in [0.15, 0.2) is 53.6 Å². The second-order valence-electron chi connectivity index (χ2n) is 6.65. The van der Waals surface area contributed by atoms with Crippen molar-refractivity contribution in [2.24, 2.45) is 10.9 Å². The highest BCUT2D eigenvalue weighted by Crippen LogP contribution is 2.35. The Morgan fingerprint density at radius 3 is 2.78 bits per heavy atom. The highest BCUT2D eigenvalue weighted by atomic mass is 16.5. The van der Waals surface area contributed by atoms with E-state index in [0.29, 0.717) is 13.0 Å². The van der Waals surface area contributed by atoms with Gasteiger partial charge in [-0.05, 0) is 42.3 Å². The van der Waals surface area contributed by atoms with E-state index >= 15 is 0 Å². The van der Waals surface area contributed by atoms with Crippen LogP contribution in [0.5, 0.6) is 11.5 Å². The highest BCUT2D eigenvalue weighted by molar-refractivity contribution is 5.79. The number of carboxylic acid groups (broad SMARTS) is 1. The zero-order valence-corrected chi connectivity index (χ0v) is 15.1. The van der Waals surface area contributed by atoms with Gasteiger partial charge in [0.2, 0.25) is 0 Å². The van der Waals surface area contributed by atoms with Crippen molar-refractivity contribution in [3.63, 3.8) is 0 Å². The molecule has 3 N–H and O–H groups in total. The van der Waals surface area contributed by atoms with Gasteiger partial charge >= 0.3 is 5.97 Å². The van der Waals surface area contributed by atoms with E-state index in [4.69, 9.17) is 20.4 Å². The molecular formula is C21H22N2O4. The van der Waals surface area contributed by atoms with Crippen LogP contribution in [0.3, 0.4) is 0 Å². The monoisotopic (exact) mass is 366 g/mol. The summed E-state index contributed by atoms with van der Waals surface area (Å²) in [4.78, 5) is 10.8. The van der Waals surface area contributed by atoms with Crippen LogP contribution in [0.1, 0.15) is 36.5 Å². The Bertz CT molecular complexity index is 874. The van der Waals surface area contributed by atoms with Crippen LogP contribution in [-0.4, -0.2) is 22.9 Å². The number of rotatable bonds is 7. The molecule has 27 heavy (non-hydrogen) atoms. The first-order valence-corrected chi connectivity index (χ1v) is 8.66. The molecule has 0 aromatic heterocycles. The van der Waals surface area contributed by atoms with Gasteiger partial charge < -0.3 is 20.4 Å². The molecule has 0 bridgehead atoms. The van der Waals surface area contributed by atoms with Crippen LogP contribution in [0.4, 0.5) is 0 Å². The molecule has 0 aliphatic carbocycles. The van der Waals surface area contributed by atoms with Gasteiger partial charge in [-0.1, -0.05) is 30.3 Å². The topological polar surface area (TPSA) is 94.1 Å². The van der Waals surface area contributed by atoms with Crippen LogP contribution in [0.2, 0.25) is 0 Å². The number of hydrogen-bond donors (Lipinski definition) is 2. The van der Waals surface area contributed by atoms with E-state index in [2.05, 4.69) is 5.10 Å². The largest absolute Gasteiger partial charge is 0.489 e. The summed E-state index contributed by atoms with van der Waals surface area (Å²) in [5.74, 6) is 5.78. The van der Waals surface area contributed by atoms with Gasteiger partial charge in [0.25, 0.3) is 0 Å². The van der Waals surface area contributed by atoms with E-state index in [1.807, 2.05) is 61.5 Å². The van der Waals surface area contributed by atoms with E-state index in [9.17, 15) is 4.79 Å². The quantitative estimate of drug-likeness (QED) is 0.444. The Hall–Kier alpha value is -3.28. The predicted molar refractivity (Wildman–Crippen MR) is 104 cm³/mol. The van der Waals surface area contributed by atoms with Crippen molar-refractivity contribution >= 4 is 18.3 Å². The van der Waals surface area contributed by atoms with Crippen LogP contribution in [0, 0.1) is 0 Å². The van der Waals surface area contributed by atoms with E-state index in [-0.39, 0.29) is 6.42 Å². The number of carboxylic acids is 1. The lowest BCUT2D eigenvalue weighted by molar-refractivity contribution is -0.137. The van der Waals surface area contributed by atoms with Crippen molar-refractivity contribution in [2.75, 3.05) is 0 Å². The SMILES string of the molecule is CC1(CCC(=O)O)C=Cc2cc(OCc3ccc(C=NN)cc3)ccc2O1. The minimum Gasteiger partial charge on any atom is -0.489 e. The Morgan fingerprint density at radius 1 is 1.30 bits per heavy atom. The number of nitrogens with zero attached hydrogens (tertiary/aromatic N) is 1. The summed E-state index contributed by atoms with van der Waals surface area (Å²) < 4.78 is 11.9. The Labute approximate surface area is 157 Å². The molecule has 1 heterocycles. The van der Waals surface area contributed by atoms with E-state index in [1.54, 1.807) is 6.21 Å². The zero-order valence-electron chi connectivity index (χ0n) is 15.1. The minimum atomic E-state index is -0.828. The van der Waals surface area contributed by atoms with Gasteiger partial charge in [-0.15, -0.1) is 0 Å². The molecule has 1 atom stereocenters. The number of benzene rings is 2. The van der Waals surface area contributed by atoms with Gasteiger partial charge in [-0.25, -0.2) is 0 Å². The summed E-state index contributed by atoms with van der Waals surface area (Å²) in [6, 6.07) is 13.4. The Morgan fingerprint density at radius 2 is 2.07 bits per heavy atom. The van der Waals surface area contributed by atoms with Crippen molar-refractivity contribution in [3.8, 4) is 11.5 Å². The van der Waals surface area contributed by atoms with Crippen molar-refractivity contribution in [1.29, 1.82) is 0 Å². The van der Waals surface area contributed by atoms with Crippen molar-refractivity contribution in [1.82, 2.24) is 0 Å². The van der Waals surface area contributed by atoms with Gasteiger partial charge in [0.1, 0.15) is 23.7 Å². The van der Waals surface area contributed by atoms with Gasteiger partial charge in [0.15, 0.2) is 0 Å². The molecule has 3 rings (SSSR count). The van der Waals surface area contributed by atoms with Gasteiger partial charge in [0, 0.05) is 18.4 Å². The molecule has 0 saturated carbocycles. The third-order valence-electron chi connectivity index (χ3n) is 4.38. The summed E-state index contributed by atoms with van der Waals surface area (Å²) in [7, 11) is 0. The van der Waals surface area contributed by atoms with Gasteiger partial charge in [-0.3, -0.25) is 4.79 Å². The maximum Gasteiger partial charge on any atom is 0.303 e. The molecule has 0 saturated heterocycles. The smallest absolute Gasteiger partial charge is 0.303 e. The van der Waals surface area contributed by atoms with E-state index < -0.39 is 11.6 Å². The molecule has 0 radical (unpaired) electrons. The number of hydrogen-bond acceptors (Lipinski definition) is 5. The third-order valence-corrected chi connectivity index (χ3v) is 4.38. The lowest BCUT2D eigenvalue weighted by Crippen LogP contribution is -2.32. The summed E-state index contributed by atoms with van der Waals surface area (Å²) in [6.45, 7) is 2.33. The van der Waals surface area contributed by atoms with Crippen molar-refractivity contribution in [3.05, 3.63) is 65.2 Å². The fraction of sp³-hybridized carbons (Fsp3) is 0.238. The normalized spacial score (nSPS) is 18.1. The van der Waals surface area contributed by atoms with Gasteiger partial charge in [-0.2, -0.15) is 5.10 Å². The molecule has 6 nitrogen and oxygen atoms in total. The van der Waals surface area contributed by atoms with Crippen LogP contribution in [-0.2, 0) is 11.4 Å². The number of carbonyl (C=O) groups is 1. The van der Waals surface area contributed by atoms with Gasteiger partial charge in [0.05, 0.1) is 6.21 Å². The number of nitrogens with two attached hydrogens (primary N) is 1. The first-order chi connectivity index (χ1) is 13.0. The molecule has 1 aliphatic heterocycles. The average Bonchev–Trinajstić information content (AvgIpc) is 2.66. The zero-order chi connectivity index (χ0) is 19.3. The Kier molecular flexibility index (Phi) is 5.45. The van der Waals surface area contributed by atoms with Crippen LogP contribution >= 0.6 is 0 Å². The molecule has 1 unspecified atom stereocenters. The van der Waals surface area contributed by atoms with Crippen LogP contribution in [0.25, 0.3) is 6.08 Å². The fourth-order valence-corrected chi connectivity index (χ4v) is 2.83. The maximum atomic E-state index is 10.8. The third kappa shape index (κ3) is 4.88. The highest BCUT2D eigenvalue weighted by Gasteiger charge is 2.28. The predicted octanol–water partition coefficient (Wildman–Crippen LogP) is 3.59. The first-order valence-electron chi connectivity index (χ1n) is 8.66. The van der Waals surface area contributed by atoms with E-state index in [0.717, 1.165) is 28.2 Å². The van der Waals surface area contributed by atoms with Crippen molar-refractivity contribution in [2.45, 2.75) is 32.0 Å². The molecular weight excluding hydrogens is 344 g/mol. The first kappa shape index (κ1) is 18.5. The van der Waals surface area contributed by atoms with E-state index in [1.165, 1.54) is 0 Å². The second-order valence-corrected chi connectivity index (χ2v) is 6.65. The molecule has 140 valence electrons. The summed E-state index contributed by atoms with van der Waals surface area (Å²) in [5, 5.41) is 12.4. The molecule has 0 amide bonds. The van der Waals surface area contributed by atoms with Crippen LogP contribution < -0.4 is 15.3 Å². The number of fused-ring (bicyclic) bond motifs is 1. The Balaban J connectivity index is 1.63. The maximum absolute atomic E-state index is 10.8. The second kappa shape index (κ2) is 7.95. The average molecular weight is 366 g/mol. The molecule has 2 aromatic rings. The fourth-order valence-electron chi connectivity index (χ4n) is 2.83. The molecule has 0 spiro atoms. The molecule has 6 heteroatoms. The lowest BCUT2D eigenvalue weighted by atomic mass is 9.95. The summed E-state index contributed by atoms with van der Waals surface area (Å²) in [5.41, 5.74) is 2.27.